The maximum atomic E-state index is 13.0. The van der Waals surface area contributed by atoms with E-state index in [1.165, 1.54) is 29.8 Å². The molecule has 0 bridgehead atoms. The molecule has 1 aromatic heterocycles. The first kappa shape index (κ1) is 19.1. The highest BCUT2D eigenvalue weighted by Crippen LogP contribution is 2.18. The van der Waals surface area contributed by atoms with Gasteiger partial charge in [0.05, 0.1) is 11.9 Å². The van der Waals surface area contributed by atoms with Gasteiger partial charge in [-0.1, -0.05) is 30.3 Å². The molecule has 1 aliphatic heterocycles. The number of carbonyl (C=O) groups excluding carboxylic acids is 1. The summed E-state index contributed by atoms with van der Waals surface area (Å²) in [4.78, 5) is 21.4. The topological polar surface area (TPSA) is 48.5 Å². The maximum Gasteiger partial charge on any atom is 0.255 e. The number of carbonyl (C=O) groups is 1. The van der Waals surface area contributed by atoms with Gasteiger partial charge < -0.3 is 10.2 Å². The second kappa shape index (κ2) is 8.84. The van der Waals surface area contributed by atoms with Gasteiger partial charge in [-0.2, -0.15) is 0 Å². The molecule has 0 spiro atoms. The van der Waals surface area contributed by atoms with E-state index in [0.29, 0.717) is 11.3 Å². The van der Waals surface area contributed by atoms with E-state index in [0.717, 1.165) is 38.5 Å². The molecule has 0 radical (unpaired) electrons. The molecule has 1 N–H and O–H groups in total. The second-order valence-electron chi connectivity index (χ2n) is 7.11. The van der Waals surface area contributed by atoms with Gasteiger partial charge in [-0.05, 0) is 42.0 Å². The molecule has 2 aromatic carbocycles. The van der Waals surface area contributed by atoms with Crippen molar-refractivity contribution in [1.82, 2.24) is 9.88 Å². The summed E-state index contributed by atoms with van der Waals surface area (Å²) >= 11 is 0. The largest absolute Gasteiger partial charge is 0.354 e. The maximum absolute atomic E-state index is 13.0. The lowest BCUT2D eigenvalue weighted by molar-refractivity contribution is 0.102. The van der Waals surface area contributed by atoms with Gasteiger partial charge in [0.2, 0.25) is 0 Å². The van der Waals surface area contributed by atoms with Crippen LogP contribution in [-0.4, -0.2) is 42.0 Å². The van der Waals surface area contributed by atoms with E-state index in [1.807, 2.05) is 18.2 Å². The van der Waals surface area contributed by atoms with E-state index in [2.05, 4.69) is 44.4 Å². The molecule has 29 heavy (non-hydrogen) atoms. The third-order valence-corrected chi connectivity index (χ3v) is 5.06. The van der Waals surface area contributed by atoms with E-state index in [9.17, 15) is 9.18 Å². The van der Waals surface area contributed by atoms with Crippen molar-refractivity contribution in [1.29, 1.82) is 0 Å². The SMILES string of the molecule is O=C(Nc1ccc(N2CCN(Cc3ccccc3)CC2)nc1)c1ccc(F)cc1. The number of anilines is 2. The van der Waals surface area contributed by atoms with E-state index in [1.54, 1.807) is 6.20 Å². The van der Waals surface area contributed by atoms with Crippen LogP contribution in [0.2, 0.25) is 0 Å². The van der Waals surface area contributed by atoms with E-state index < -0.39 is 0 Å². The Morgan fingerprint density at radius 2 is 1.66 bits per heavy atom. The van der Waals surface area contributed by atoms with Crippen molar-refractivity contribution in [3.63, 3.8) is 0 Å². The zero-order valence-electron chi connectivity index (χ0n) is 16.1. The first-order chi connectivity index (χ1) is 14.2. The Hall–Kier alpha value is -3.25. The van der Waals surface area contributed by atoms with Crippen molar-refractivity contribution in [2.45, 2.75) is 6.54 Å². The molecule has 5 nitrogen and oxygen atoms in total. The fraction of sp³-hybridized carbons (Fsp3) is 0.217. The Bertz CT molecular complexity index is 937. The molecule has 6 heteroatoms. The summed E-state index contributed by atoms with van der Waals surface area (Å²) in [6.45, 7) is 4.78. The number of nitrogens with one attached hydrogen (secondary N) is 1. The number of piperazine rings is 1. The van der Waals surface area contributed by atoms with Crippen LogP contribution in [0.1, 0.15) is 15.9 Å². The smallest absolute Gasteiger partial charge is 0.255 e. The van der Waals surface area contributed by atoms with Crippen LogP contribution >= 0.6 is 0 Å². The molecule has 1 amide bonds. The minimum Gasteiger partial charge on any atom is -0.354 e. The summed E-state index contributed by atoms with van der Waals surface area (Å²) in [6.07, 6.45) is 1.66. The lowest BCUT2D eigenvalue weighted by Gasteiger charge is -2.35. The van der Waals surface area contributed by atoms with Crippen LogP contribution in [0.5, 0.6) is 0 Å². The summed E-state index contributed by atoms with van der Waals surface area (Å²) < 4.78 is 13.0. The minimum absolute atomic E-state index is 0.283. The van der Waals surface area contributed by atoms with Gasteiger partial charge >= 0.3 is 0 Å². The van der Waals surface area contributed by atoms with Crippen molar-refractivity contribution in [3.8, 4) is 0 Å². The van der Waals surface area contributed by atoms with Crippen molar-refractivity contribution in [2.24, 2.45) is 0 Å². The van der Waals surface area contributed by atoms with Crippen LogP contribution < -0.4 is 10.2 Å². The number of hydrogen-bond acceptors (Lipinski definition) is 4. The van der Waals surface area contributed by atoms with Crippen LogP contribution in [0.25, 0.3) is 0 Å². The highest BCUT2D eigenvalue weighted by molar-refractivity contribution is 6.04. The van der Waals surface area contributed by atoms with Gasteiger partial charge in [0.25, 0.3) is 5.91 Å². The Kier molecular flexibility index (Phi) is 5.81. The molecule has 3 aromatic rings. The third-order valence-electron chi connectivity index (χ3n) is 5.06. The summed E-state index contributed by atoms with van der Waals surface area (Å²) in [5.41, 5.74) is 2.36. The van der Waals surface area contributed by atoms with Crippen LogP contribution in [0.4, 0.5) is 15.9 Å². The van der Waals surface area contributed by atoms with E-state index in [-0.39, 0.29) is 11.7 Å². The van der Waals surface area contributed by atoms with Crippen molar-refractivity contribution >= 4 is 17.4 Å². The molecular formula is C23H23FN4O. The average molecular weight is 390 g/mol. The van der Waals surface area contributed by atoms with Crippen molar-refractivity contribution in [3.05, 3.63) is 89.9 Å². The Balaban J connectivity index is 1.30. The van der Waals surface area contributed by atoms with Crippen molar-refractivity contribution in [2.75, 3.05) is 36.4 Å². The molecule has 1 fully saturated rings. The average Bonchev–Trinajstić information content (AvgIpc) is 2.76. The highest BCUT2D eigenvalue weighted by atomic mass is 19.1. The first-order valence-corrected chi connectivity index (χ1v) is 9.71. The number of hydrogen-bond donors (Lipinski definition) is 1. The number of amides is 1. The molecule has 0 atom stereocenters. The van der Waals surface area contributed by atoms with Crippen LogP contribution in [-0.2, 0) is 6.54 Å². The quantitative estimate of drug-likeness (QED) is 0.720. The molecule has 1 aliphatic rings. The van der Waals surface area contributed by atoms with Gasteiger partial charge in [-0.25, -0.2) is 9.37 Å². The zero-order valence-corrected chi connectivity index (χ0v) is 16.1. The summed E-state index contributed by atoms with van der Waals surface area (Å²) in [5, 5.41) is 2.79. The number of rotatable bonds is 5. The Morgan fingerprint density at radius 1 is 0.931 bits per heavy atom. The van der Waals surface area contributed by atoms with Gasteiger partial charge in [0, 0.05) is 38.3 Å². The fourth-order valence-corrected chi connectivity index (χ4v) is 3.43. The molecule has 0 aliphatic carbocycles. The van der Waals surface area contributed by atoms with Crippen LogP contribution in [0.3, 0.4) is 0 Å². The summed E-state index contributed by atoms with van der Waals surface area (Å²) in [6, 6.07) is 19.7. The van der Waals surface area contributed by atoms with E-state index in [4.69, 9.17) is 0 Å². The Labute approximate surface area is 169 Å². The third kappa shape index (κ3) is 4.97. The lowest BCUT2D eigenvalue weighted by atomic mass is 10.2. The predicted octanol–water partition coefficient (Wildman–Crippen LogP) is 3.80. The zero-order chi connectivity index (χ0) is 20.1. The molecular weight excluding hydrogens is 367 g/mol. The standard InChI is InChI=1S/C23H23FN4O/c24-20-8-6-19(7-9-20)23(29)26-21-10-11-22(25-16-21)28-14-12-27(13-15-28)17-18-4-2-1-3-5-18/h1-11,16H,12-15,17H2,(H,26,29). The number of nitrogens with zero attached hydrogens (tertiary/aromatic N) is 3. The number of aromatic nitrogens is 1. The van der Waals surface area contributed by atoms with Gasteiger partial charge in [0.1, 0.15) is 11.6 Å². The number of benzene rings is 2. The monoisotopic (exact) mass is 390 g/mol. The number of halogens is 1. The minimum atomic E-state index is -0.364. The fourth-order valence-electron chi connectivity index (χ4n) is 3.43. The first-order valence-electron chi connectivity index (χ1n) is 9.71. The van der Waals surface area contributed by atoms with Crippen molar-refractivity contribution < 1.29 is 9.18 Å². The summed E-state index contributed by atoms with van der Waals surface area (Å²) in [5.74, 6) is 0.259. The normalized spacial score (nSPS) is 14.6. The summed E-state index contributed by atoms with van der Waals surface area (Å²) in [7, 11) is 0. The molecule has 1 saturated heterocycles. The second-order valence-corrected chi connectivity index (χ2v) is 7.11. The predicted molar refractivity (Wildman–Crippen MR) is 113 cm³/mol. The lowest BCUT2D eigenvalue weighted by Crippen LogP contribution is -2.46. The van der Waals surface area contributed by atoms with E-state index >= 15 is 0 Å². The van der Waals surface area contributed by atoms with Gasteiger partial charge in [-0.15, -0.1) is 0 Å². The number of pyridine rings is 1. The molecule has 0 unspecified atom stereocenters. The molecule has 0 saturated carbocycles. The molecule has 148 valence electrons. The highest BCUT2D eigenvalue weighted by Gasteiger charge is 2.18. The van der Waals surface area contributed by atoms with Gasteiger partial charge in [0.15, 0.2) is 0 Å². The van der Waals surface area contributed by atoms with Crippen LogP contribution in [0.15, 0.2) is 72.9 Å². The molecule has 4 rings (SSSR count). The van der Waals surface area contributed by atoms with Gasteiger partial charge in [-0.3, -0.25) is 9.69 Å². The molecule has 2 heterocycles. The van der Waals surface area contributed by atoms with Crippen LogP contribution in [0, 0.1) is 5.82 Å². The Morgan fingerprint density at radius 3 is 2.31 bits per heavy atom.